The number of fused-ring (bicyclic) bond motifs is 2. The summed E-state index contributed by atoms with van der Waals surface area (Å²) in [7, 11) is 0. The number of carbonyl (C=O) groups is 1. The summed E-state index contributed by atoms with van der Waals surface area (Å²) >= 11 is 0. The molecular formula is C18H27ClN2O2. The average molecular weight is 339 g/mol. The minimum Gasteiger partial charge on any atom is -0.444 e. The van der Waals surface area contributed by atoms with E-state index in [-0.39, 0.29) is 24.5 Å². The Morgan fingerprint density at radius 1 is 1.17 bits per heavy atom. The first-order valence-corrected chi connectivity index (χ1v) is 8.19. The SMILES string of the molecule is CC(C)(C)OC(=O)N[C@H]1[C@H]2CNC[C@H](C2)[C@@H]1c1ccccc1.Cl. The van der Waals surface area contributed by atoms with Crippen LogP contribution in [0.2, 0.25) is 0 Å². The molecule has 0 spiro atoms. The Bertz CT molecular complexity index is 530. The van der Waals surface area contributed by atoms with Crippen molar-refractivity contribution in [1.29, 1.82) is 0 Å². The van der Waals surface area contributed by atoms with Crippen molar-refractivity contribution in [3.63, 3.8) is 0 Å². The van der Waals surface area contributed by atoms with E-state index in [1.807, 2.05) is 26.8 Å². The van der Waals surface area contributed by atoms with E-state index in [2.05, 4.69) is 34.9 Å². The van der Waals surface area contributed by atoms with E-state index < -0.39 is 5.60 Å². The Hall–Kier alpha value is -1.26. The fourth-order valence-corrected chi connectivity index (χ4v) is 3.95. The molecule has 1 saturated carbocycles. The van der Waals surface area contributed by atoms with Gasteiger partial charge >= 0.3 is 6.09 Å². The number of ether oxygens (including phenoxy) is 1. The molecule has 23 heavy (non-hydrogen) atoms. The molecule has 3 rings (SSSR count). The van der Waals surface area contributed by atoms with Gasteiger partial charge in [-0.25, -0.2) is 4.79 Å². The molecule has 1 aliphatic heterocycles. The van der Waals surface area contributed by atoms with Crippen molar-refractivity contribution in [2.75, 3.05) is 13.1 Å². The number of halogens is 1. The number of hydrogen-bond donors (Lipinski definition) is 2. The Morgan fingerprint density at radius 3 is 2.48 bits per heavy atom. The lowest BCUT2D eigenvalue weighted by Gasteiger charge is -2.28. The summed E-state index contributed by atoms with van der Waals surface area (Å²) in [4.78, 5) is 12.2. The van der Waals surface area contributed by atoms with E-state index in [9.17, 15) is 4.79 Å². The highest BCUT2D eigenvalue weighted by molar-refractivity contribution is 5.85. The maximum Gasteiger partial charge on any atom is 0.407 e. The molecule has 2 N–H and O–H groups in total. The van der Waals surface area contributed by atoms with E-state index >= 15 is 0 Å². The summed E-state index contributed by atoms with van der Waals surface area (Å²) in [5, 5.41) is 6.66. The molecule has 4 atom stereocenters. The molecule has 1 amide bonds. The number of carbonyl (C=O) groups excluding carboxylic acids is 1. The van der Waals surface area contributed by atoms with Crippen LogP contribution >= 0.6 is 12.4 Å². The van der Waals surface area contributed by atoms with Gasteiger partial charge in [0.2, 0.25) is 0 Å². The first-order chi connectivity index (χ1) is 10.4. The van der Waals surface area contributed by atoms with Gasteiger partial charge in [0, 0.05) is 12.0 Å². The summed E-state index contributed by atoms with van der Waals surface area (Å²) in [6.07, 6.45) is 0.874. The predicted octanol–water partition coefficient (Wildman–Crippen LogP) is 3.32. The van der Waals surface area contributed by atoms with Crippen LogP contribution in [0.15, 0.2) is 30.3 Å². The van der Waals surface area contributed by atoms with Crippen LogP contribution in [0.4, 0.5) is 4.79 Å². The molecule has 1 aliphatic carbocycles. The molecule has 128 valence electrons. The summed E-state index contributed by atoms with van der Waals surface area (Å²) in [6, 6.07) is 10.7. The molecule has 0 radical (unpaired) electrons. The van der Waals surface area contributed by atoms with Crippen LogP contribution in [-0.4, -0.2) is 30.8 Å². The zero-order valence-electron chi connectivity index (χ0n) is 14.0. The second-order valence-corrected chi connectivity index (χ2v) is 7.52. The van der Waals surface area contributed by atoms with Crippen LogP contribution in [0.25, 0.3) is 0 Å². The Labute approximate surface area is 144 Å². The molecule has 1 heterocycles. The second kappa shape index (κ2) is 7.10. The van der Waals surface area contributed by atoms with E-state index in [0.29, 0.717) is 17.8 Å². The van der Waals surface area contributed by atoms with Gasteiger partial charge in [0.1, 0.15) is 5.60 Å². The number of alkyl carbamates (subject to hydrolysis) is 1. The first kappa shape index (κ1) is 18.1. The largest absolute Gasteiger partial charge is 0.444 e. The zero-order valence-corrected chi connectivity index (χ0v) is 14.9. The molecule has 1 aromatic carbocycles. The highest BCUT2D eigenvalue weighted by Crippen LogP contribution is 2.44. The lowest BCUT2D eigenvalue weighted by atomic mass is 9.86. The highest BCUT2D eigenvalue weighted by atomic mass is 35.5. The molecular weight excluding hydrogens is 312 g/mol. The molecule has 2 aliphatic rings. The van der Waals surface area contributed by atoms with Crippen LogP contribution in [0.5, 0.6) is 0 Å². The van der Waals surface area contributed by atoms with E-state index in [0.717, 1.165) is 13.1 Å². The Morgan fingerprint density at radius 2 is 1.83 bits per heavy atom. The number of hydrogen-bond acceptors (Lipinski definition) is 3. The van der Waals surface area contributed by atoms with Crippen molar-refractivity contribution < 1.29 is 9.53 Å². The predicted molar refractivity (Wildman–Crippen MR) is 94.1 cm³/mol. The van der Waals surface area contributed by atoms with Crippen molar-refractivity contribution in [3.05, 3.63) is 35.9 Å². The lowest BCUT2D eigenvalue weighted by Crippen LogP contribution is -2.44. The fraction of sp³-hybridized carbons (Fsp3) is 0.611. The van der Waals surface area contributed by atoms with E-state index in [1.54, 1.807) is 0 Å². The molecule has 4 nitrogen and oxygen atoms in total. The van der Waals surface area contributed by atoms with Gasteiger partial charge in [-0.05, 0) is 57.7 Å². The van der Waals surface area contributed by atoms with Crippen molar-refractivity contribution in [2.45, 2.75) is 44.8 Å². The minimum atomic E-state index is -0.460. The van der Waals surface area contributed by atoms with Crippen molar-refractivity contribution in [1.82, 2.24) is 10.6 Å². The number of amides is 1. The van der Waals surface area contributed by atoms with E-state index in [4.69, 9.17) is 4.74 Å². The van der Waals surface area contributed by atoms with Gasteiger partial charge in [0.15, 0.2) is 0 Å². The van der Waals surface area contributed by atoms with Crippen LogP contribution in [-0.2, 0) is 4.74 Å². The monoisotopic (exact) mass is 338 g/mol. The Kier molecular flexibility index (Phi) is 5.58. The molecule has 1 saturated heterocycles. The summed E-state index contributed by atoms with van der Waals surface area (Å²) in [5.74, 6) is 1.44. The van der Waals surface area contributed by atoms with Crippen LogP contribution < -0.4 is 10.6 Å². The standard InChI is InChI=1S/C18H26N2O2.ClH/c1-18(2,3)22-17(21)20-16-14-9-13(10-19-11-14)15(16)12-7-5-4-6-8-12;/h4-8,13-16,19H,9-11H2,1-3H3,(H,20,21);1H/t13-,14+,15-,16-;/m0./s1. The van der Waals surface area contributed by atoms with Crippen LogP contribution in [0.1, 0.15) is 38.7 Å². The number of piperidine rings is 1. The quantitative estimate of drug-likeness (QED) is 0.869. The van der Waals surface area contributed by atoms with E-state index in [1.165, 1.54) is 12.0 Å². The molecule has 2 bridgehead atoms. The molecule has 0 unspecified atom stereocenters. The van der Waals surface area contributed by atoms with Crippen molar-refractivity contribution in [3.8, 4) is 0 Å². The molecule has 1 aromatic rings. The lowest BCUT2D eigenvalue weighted by molar-refractivity contribution is 0.0488. The van der Waals surface area contributed by atoms with Gasteiger partial charge in [-0.15, -0.1) is 12.4 Å². The summed E-state index contributed by atoms with van der Waals surface area (Å²) in [6.45, 7) is 7.70. The first-order valence-electron chi connectivity index (χ1n) is 8.19. The average Bonchev–Trinajstić information content (AvgIpc) is 2.68. The number of benzene rings is 1. The van der Waals surface area contributed by atoms with Gasteiger partial charge in [-0.2, -0.15) is 0 Å². The fourth-order valence-electron chi connectivity index (χ4n) is 3.95. The normalized spacial score (nSPS) is 29.5. The maximum absolute atomic E-state index is 12.2. The van der Waals surface area contributed by atoms with Gasteiger partial charge in [0.25, 0.3) is 0 Å². The van der Waals surface area contributed by atoms with Gasteiger partial charge < -0.3 is 15.4 Å². The molecule has 5 heteroatoms. The third kappa shape index (κ3) is 4.18. The topological polar surface area (TPSA) is 50.4 Å². The highest BCUT2D eigenvalue weighted by Gasteiger charge is 2.46. The van der Waals surface area contributed by atoms with Gasteiger partial charge in [-0.1, -0.05) is 30.3 Å². The van der Waals surface area contributed by atoms with Crippen molar-refractivity contribution >= 4 is 18.5 Å². The summed E-state index contributed by atoms with van der Waals surface area (Å²) < 4.78 is 5.46. The third-order valence-corrected chi connectivity index (χ3v) is 4.69. The summed E-state index contributed by atoms with van der Waals surface area (Å²) in [5.41, 5.74) is 0.859. The molecule has 2 fully saturated rings. The van der Waals surface area contributed by atoms with Crippen LogP contribution in [0, 0.1) is 11.8 Å². The maximum atomic E-state index is 12.2. The number of rotatable bonds is 2. The van der Waals surface area contributed by atoms with Crippen LogP contribution in [0.3, 0.4) is 0 Å². The van der Waals surface area contributed by atoms with Gasteiger partial charge in [-0.3, -0.25) is 0 Å². The minimum absolute atomic E-state index is 0. The third-order valence-electron chi connectivity index (χ3n) is 4.69. The van der Waals surface area contributed by atoms with Gasteiger partial charge in [0.05, 0.1) is 0 Å². The number of nitrogens with one attached hydrogen (secondary N) is 2. The smallest absolute Gasteiger partial charge is 0.407 e. The second-order valence-electron chi connectivity index (χ2n) is 7.52. The van der Waals surface area contributed by atoms with Crippen molar-refractivity contribution in [2.24, 2.45) is 11.8 Å². The molecule has 0 aromatic heterocycles. The Balaban J connectivity index is 0.00000192. The zero-order chi connectivity index (χ0) is 15.7.